The number of hydrogen-bond donors (Lipinski definition) is 2. The summed E-state index contributed by atoms with van der Waals surface area (Å²) in [5.41, 5.74) is 2.23. The molecule has 16 heavy (non-hydrogen) atoms. The number of aromatic carboxylic acids is 1. The van der Waals surface area contributed by atoms with Gasteiger partial charge in [-0.3, -0.25) is 0 Å². The summed E-state index contributed by atoms with van der Waals surface area (Å²) in [6.07, 6.45) is 0.766. The maximum absolute atomic E-state index is 13.6. The number of carboxylic acids is 1. The summed E-state index contributed by atoms with van der Waals surface area (Å²) in [5.74, 6) is -1.63. The molecule has 0 aliphatic rings. The summed E-state index contributed by atoms with van der Waals surface area (Å²) in [4.78, 5) is 13.8. The zero-order chi connectivity index (χ0) is 11.9. The Hall–Kier alpha value is -1.84. The van der Waals surface area contributed by atoms with E-state index in [-0.39, 0.29) is 5.56 Å². The van der Waals surface area contributed by atoms with Crippen molar-refractivity contribution in [3.63, 3.8) is 0 Å². The Balaban J connectivity index is 2.80. The van der Waals surface area contributed by atoms with Gasteiger partial charge in [0.1, 0.15) is 5.82 Å². The molecule has 2 N–H and O–H groups in total. The molecule has 4 heteroatoms. The van der Waals surface area contributed by atoms with Crippen molar-refractivity contribution in [1.29, 1.82) is 0 Å². The molecular weight excluding hydrogens is 209 g/mol. The second-order valence-electron chi connectivity index (χ2n) is 3.77. The van der Waals surface area contributed by atoms with Crippen LogP contribution < -0.4 is 0 Å². The van der Waals surface area contributed by atoms with Crippen LogP contribution in [0.1, 0.15) is 28.5 Å². The molecular formula is C12H12FNO2. The molecule has 0 unspecified atom stereocenters. The van der Waals surface area contributed by atoms with E-state index in [9.17, 15) is 9.18 Å². The van der Waals surface area contributed by atoms with Gasteiger partial charge in [-0.1, -0.05) is 6.92 Å². The molecule has 0 saturated carbocycles. The van der Waals surface area contributed by atoms with Crippen LogP contribution in [0.2, 0.25) is 0 Å². The highest BCUT2D eigenvalue weighted by molar-refractivity contribution is 5.95. The van der Waals surface area contributed by atoms with E-state index in [1.165, 1.54) is 6.07 Å². The van der Waals surface area contributed by atoms with Crippen LogP contribution in [-0.4, -0.2) is 16.1 Å². The van der Waals surface area contributed by atoms with Crippen molar-refractivity contribution in [2.24, 2.45) is 0 Å². The number of benzene rings is 1. The second kappa shape index (κ2) is 3.63. The molecule has 0 fully saturated rings. The molecule has 1 aromatic carbocycles. The Morgan fingerprint density at radius 3 is 2.75 bits per heavy atom. The van der Waals surface area contributed by atoms with Crippen molar-refractivity contribution < 1.29 is 14.3 Å². The molecule has 0 aliphatic heterocycles. The normalized spacial score (nSPS) is 10.9. The summed E-state index contributed by atoms with van der Waals surface area (Å²) in [6, 6.07) is 2.55. The Labute approximate surface area is 91.9 Å². The van der Waals surface area contributed by atoms with E-state index < -0.39 is 11.8 Å². The lowest BCUT2D eigenvalue weighted by atomic mass is 10.1. The first-order valence-electron chi connectivity index (χ1n) is 5.08. The SMILES string of the molecule is CCc1[nH]c2c(F)cc(C(=O)O)cc2c1C. The van der Waals surface area contributed by atoms with Gasteiger partial charge in [-0.05, 0) is 31.0 Å². The molecule has 84 valence electrons. The van der Waals surface area contributed by atoms with E-state index in [0.29, 0.717) is 10.9 Å². The van der Waals surface area contributed by atoms with E-state index in [1.807, 2.05) is 13.8 Å². The number of carboxylic acid groups (broad SMARTS) is 1. The van der Waals surface area contributed by atoms with Crippen molar-refractivity contribution >= 4 is 16.9 Å². The lowest BCUT2D eigenvalue weighted by Crippen LogP contribution is -1.97. The van der Waals surface area contributed by atoms with Gasteiger partial charge in [0.15, 0.2) is 0 Å². The van der Waals surface area contributed by atoms with Gasteiger partial charge in [0, 0.05) is 11.1 Å². The maximum atomic E-state index is 13.6. The molecule has 0 saturated heterocycles. The van der Waals surface area contributed by atoms with E-state index in [2.05, 4.69) is 4.98 Å². The molecule has 0 spiro atoms. The molecule has 1 heterocycles. The van der Waals surface area contributed by atoms with Crippen LogP contribution in [0.5, 0.6) is 0 Å². The number of aromatic amines is 1. The summed E-state index contributed by atoms with van der Waals surface area (Å²) in [5, 5.41) is 9.49. The van der Waals surface area contributed by atoms with Gasteiger partial charge in [-0.15, -0.1) is 0 Å². The monoisotopic (exact) mass is 221 g/mol. The molecule has 2 rings (SSSR count). The third-order valence-electron chi connectivity index (χ3n) is 2.82. The largest absolute Gasteiger partial charge is 0.478 e. The van der Waals surface area contributed by atoms with E-state index >= 15 is 0 Å². The van der Waals surface area contributed by atoms with Crippen LogP contribution >= 0.6 is 0 Å². The van der Waals surface area contributed by atoms with Crippen LogP contribution in [0.3, 0.4) is 0 Å². The Morgan fingerprint density at radius 2 is 2.19 bits per heavy atom. The number of halogens is 1. The number of aryl methyl sites for hydroxylation is 2. The highest BCUT2D eigenvalue weighted by atomic mass is 19.1. The molecule has 2 aromatic rings. The lowest BCUT2D eigenvalue weighted by molar-refractivity contribution is 0.0696. The molecule has 1 aromatic heterocycles. The van der Waals surface area contributed by atoms with E-state index in [1.54, 1.807) is 0 Å². The van der Waals surface area contributed by atoms with Crippen LogP contribution in [0.25, 0.3) is 10.9 Å². The summed E-state index contributed by atoms with van der Waals surface area (Å²) < 4.78 is 13.6. The zero-order valence-corrected chi connectivity index (χ0v) is 9.10. The highest BCUT2D eigenvalue weighted by Crippen LogP contribution is 2.25. The van der Waals surface area contributed by atoms with Gasteiger partial charge in [0.2, 0.25) is 0 Å². The van der Waals surface area contributed by atoms with Gasteiger partial charge in [0.05, 0.1) is 11.1 Å². The zero-order valence-electron chi connectivity index (χ0n) is 9.10. The molecule has 0 amide bonds. The third-order valence-corrected chi connectivity index (χ3v) is 2.82. The molecule has 0 atom stereocenters. The summed E-state index contributed by atoms with van der Waals surface area (Å²) in [6.45, 7) is 3.83. The van der Waals surface area contributed by atoms with Crippen LogP contribution in [0.4, 0.5) is 4.39 Å². The van der Waals surface area contributed by atoms with E-state index in [4.69, 9.17) is 5.11 Å². The number of rotatable bonds is 2. The number of hydrogen-bond acceptors (Lipinski definition) is 1. The lowest BCUT2D eigenvalue weighted by Gasteiger charge is -1.97. The van der Waals surface area contributed by atoms with Crippen LogP contribution in [0.15, 0.2) is 12.1 Å². The van der Waals surface area contributed by atoms with Crippen molar-refractivity contribution in [1.82, 2.24) is 4.98 Å². The number of carbonyl (C=O) groups is 1. The van der Waals surface area contributed by atoms with Crippen molar-refractivity contribution in [3.05, 3.63) is 34.8 Å². The predicted octanol–water partition coefficient (Wildman–Crippen LogP) is 2.88. The fourth-order valence-corrected chi connectivity index (χ4v) is 1.91. The first kappa shape index (κ1) is 10.7. The predicted molar refractivity (Wildman–Crippen MR) is 59.3 cm³/mol. The average Bonchev–Trinajstić information content (AvgIpc) is 2.56. The minimum absolute atomic E-state index is 0.0187. The van der Waals surface area contributed by atoms with Crippen LogP contribution in [0, 0.1) is 12.7 Å². The second-order valence-corrected chi connectivity index (χ2v) is 3.77. The number of nitrogens with one attached hydrogen (secondary N) is 1. The van der Waals surface area contributed by atoms with Gasteiger partial charge < -0.3 is 10.1 Å². The van der Waals surface area contributed by atoms with E-state index in [0.717, 1.165) is 23.7 Å². The Morgan fingerprint density at radius 1 is 1.50 bits per heavy atom. The van der Waals surface area contributed by atoms with Crippen molar-refractivity contribution in [2.45, 2.75) is 20.3 Å². The fourth-order valence-electron chi connectivity index (χ4n) is 1.91. The topological polar surface area (TPSA) is 53.1 Å². The molecule has 0 aliphatic carbocycles. The van der Waals surface area contributed by atoms with Crippen LogP contribution in [-0.2, 0) is 6.42 Å². The summed E-state index contributed by atoms with van der Waals surface area (Å²) in [7, 11) is 0. The number of fused-ring (bicyclic) bond motifs is 1. The Bertz CT molecular complexity index is 572. The fraction of sp³-hybridized carbons (Fsp3) is 0.250. The van der Waals surface area contributed by atoms with Gasteiger partial charge in [0.25, 0.3) is 0 Å². The Kier molecular flexibility index (Phi) is 2.42. The van der Waals surface area contributed by atoms with Crippen molar-refractivity contribution in [2.75, 3.05) is 0 Å². The van der Waals surface area contributed by atoms with Gasteiger partial charge in [-0.2, -0.15) is 0 Å². The van der Waals surface area contributed by atoms with Crippen molar-refractivity contribution in [3.8, 4) is 0 Å². The minimum Gasteiger partial charge on any atom is -0.478 e. The first-order chi connectivity index (χ1) is 7.54. The number of aromatic nitrogens is 1. The smallest absolute Gasteiger partial charge is 0.335 e. The average molecular weight is 221 g/mol. The third kappa shape index (κ3) is 1.46. The minimum atomic E-state index is -1.11. The molecule has 3 nitrogen and oxygen atoms in total. The molecule has 0 radical (unpaired) electrons. The van der Waals surface area contributed by atoms with Gasteiger partial charge in [-0.25, -0.2) is 9.18 Å². The highest BCUT2D eigenvalue weighted by Gasteiger charge is 2.14. The van der Waals surface area contributed by atoms with Gasteiger partial charge >= 0.3 is 5.97 Å². The maximum Gasteiger partial charge on any atom is 0.335 e. The number of H-pyrrole nitrogens is 1. The first-order valence-corrected chi connectivity index (χ1v) is 5.08. The quantitative estimate of drug-likeness (QED) is 0.819. The summed E-state index contributed by atoms with van der Waals surface area (Å²) >= 11 is 0. The molecule has 0 bridgehead atoms. The standard InChI is InChI=1S/C12H12FNO2/c1-3-10-6(2)8-4-7(12(15)16)5-9(13)11(8)14-10/h4-5,14H,3H2,1-2H3,(H,15,16).